The molecule has 0 aliphatic carbocycles. The van der Waals surface area contributed by atoms with Crippen LogP contribution in [0, 0.1) is 0 Å². The molecule has 4 heteroatoms. The number of H-pyrrole nitrogens is 1. The van der Waals surface area contributed by atoms with Crippen LogP contribution in [0.2, 0.25) is 0 Å². The van der Waals surface area contributed by atoms with Crippen LogP contribution in [0.1, 0.15) is 48.9 Å². The average molecular weight is 207 g/mol. The summed E-state index contributed by atoms with van der Waals surface area (Å²) in [6.45, 7) is 5.92. The van der Waals surface area contributed by atoms with Gasteiger partial charge < -0.3 is 0 Å². The van der Waals surface area contributed by atoms with Crippen LogP contribution in [0.3, 0.4) is 0 Å². The molecule has 0 saturated carbocycles. The molecule has 1 atom stereocenters. The van der Waals surface area contributed by atoms with Crippen molar-refractivity contribution in [1.82, 2.24) is 15.1 Å². The minimum absolute atomic E-state index is 0.0264. The Labute approximate surface area is 89.7 Å². The van der Waals surface area contributed by atoms with E-state index in [4.69, 9.17) is 0 Å². The van der Waals surface area contributed by atoms with Crippen molar-refractivity contribution in [3.8, 4) is 0 Å². The van der Waals surface area contributed by atoms with Gasteiger partial charge in [-0.05, 0) is 32.0 Å². The summed E-state index contributed by atoms with van der Waals surface area (Å²) in [6, 6.07) is 2.32. The Morgan fingerprint density at radius 2 is 2.53 bits per heavy atom. The lowest BCUT2D eigenvalue weighted by Crippen LogP contribution is -2.22. The van der Waals surface area contributed by atoms with Crippen molar-refractivity contribution in [3.05, 3.63) is 17.5 Å². The summed E-state index contributed by atoms with van der Waals surface area (Å²) >= 11 is 0. The normalized spacial score (nSPS) is 22.1. The van der Waals surface area contributed by atoms with Crippen molar-refractivity contribution in [3.63, 3.8) is 0 Å². The van der Waals surface area contributed by atoms with Gasteiger partial charge in [0.15, 0.2) is 5.78 Å². The van der Waals surface area contributed by atoms with E-state index in [0.717, 1.165) is 25.2 Å². The molecule has 2 rings (SSSR count). The number of ketones is 1. The highest BCUT2D eigenvalue weighted by molar-refractivity contribution is 5.92. The zero-order valence-electron chi connectivity index (χ0n) is 9.29. The summed E-state index contributed by atoms with van der Waals surface area (Å²) in [5.41, 5.74) is 1.63. The van der Waals surface area contributed by atoms with E-state index in [2.05, 4.69) is 22.0 Å². The fraction of sp³-hybridized carbons (Fsp3) is 0.636. The molecule has 0 bridgehead atoms. The van der Waals surface area contributed by atoms with Gasteiger partial charge in [0.2, 0.25) is 0 Å². The van der Waals surface area contributed by atoms with E-state index in [1.165, 1.54) is 6.42 Å². The first kappa shape index (κ1) is 10.4. The van der Waals surface area contributed by atoms with E-state index in [9.17, 15) is 4.79 Å². The second-order valence-corrected chi connectivity index (χ2v) is 4.05. The van der Waals surface area contributed by atoms with Gasteiger partial charge in [-0.3, -0.25) is 14.8 Å². The Hall–Kier alpha value is -1.16. The first-order valence-corrected chi connectivity index (χ1v) is 5.52. The number of hydrogen-bond donors (Lipinski definition) is 1. The Kier molecular flexibility index (Phi) is 2.86. The largest absolute Gasteiger partial charge is 0.295 e. The van der Waals surface area contributed by atoms with Gasteiger partial charge in [0.25, 0.3) is 0 Å². The third-order valence-corrected chi connectivity index (χ3v) is 3.09. The molecule has 1 saturated heterocycles. The summed E-state index contributed by atoms with van der Waals surface area (Å²) in [6.07, 6.45) is 2.39. The predicted octanol–water partition coefficient (Wildman–Crippen LogP) is 1.77. The fourth-order valence-electron chi connectivity index (χ4n) is 2.24. The van der Waals surface area contributed by atoms with Crippen molar-refractivity contribution < 1.29 is 4.79 Å². The molecule has 1 aromatic heterocycles. The van der Waals surface area contributed by atoms with Crippen LogP contribution in [0.15, 0.2) is 6.07 Å². The summed E-state index contributed by atoms with van der Waals surface area (Å²) in [5, 5.41) is 7.01. The number of nitrogens with one attached hydrogen (secondary N) is 1. The number of Topliss-reactive ketones (excluding diaryl/α,β-unsaturated/α-hetero) is 1. The van der Waals surface area contributed by atoms with Crippen LogP contribution in [-0.2, 0) is 0 Å². The highest BCUT2D eigenvalue weighted by Gasteiger charge is 2.26. The Bertz CT molecular complexity index is 358. The van der Waals surface area contributed by atoms with Gasteiger partial charge in [0.05, 0.1) is 11.7 Å². The maximum Gasteiger partial charge on any atom is 0.179 e. The monoisotopic (exact) mass is 207 g/mol. The molecular formula is C11H17N3O. The van der Waals surface area contributed by atoms with Crippen molar-refractivity contribution in [2.45, 2.75) is 32.7 Å². The highest BCUT2D eigenvalue weighted by Crippen LogP contribution is 2.30. The second kappa shape index (κ2) is 4.14. The van der Waals surface area contributed by atoms with E-state index in [1.807, 2.05) is 6.07 Å². The maximum absolute atomic E-state index is 11.1. The number of likely N-dealkylation sites (tertiary alicyclic amines) is 1. The molecule has 0 aromatic carbocycles. The molecule has 82 valence electrons. The smallest absolute Gasteiger partial charge is 0.179 e. The number of carbonyl (C=O) groups is 1. The predicted molar refractivity (Wildman–Crippen MR) is 57.8 cm³/mol. The number of aromatic amines is 1. The molecule has 1 aromatic rings. The lowest BCUT2D eigenvalue weighted by atomic mass is 10.1. The standard InChI is InChI=1S/C11H17N3O/c1-3-14-6-4-5-11(14)10-7-9(8(2)15)12-13-10/h7,11H,3-6H2,1-2H3,(H,12,13). The van der Waals surface area contributed by atoms with Crippen molar-refractivity contribution >= 4 is 5.78 Å². The van der Waals surface area contributed by atoms with Gasteiger partial charge in [-0.2, -0.15) is 5.10 Å². The van der Waals surface area contributed by atoms with Crippen LogP contribution >= 0.6 is 0 Å². The van der Waals surface area contributed by atoms with Gasteiger partial charge in [0, 0.05) is 6.92 Å². The van der Waals surface area contributed by atoms with Crippen LogP contribution in [0.5, 0.6) is 0 Å². The third-order valence-electron chi connectivity index (χ3n) is 3.09. The highest BCUT2D eigenvalue weighted by atomic mass is 16.1. The van der Waals surface area contributed by atoms with Crippen LogP contribution in [-0.4, -0.2) is 34.0 Å². The molecule has 0 radical (unpaired) electrons. The van der Waals surface area contributed by atoms with Crippen LogP contribution in [0.25, 0.3) is 0 Å². The van der Waals surface area contributed by atoms with Crippen LogP contribution in [0.4, 0.5) is 0 Å². The van der Waals surface area contributed by atoms with Gasteiger partial charge in [0.1, 0.15) is 5.69 Å². The Morgan fingerprint density at radius 1 is 1.73 bits per heavy atom. The summed E-state index contributed by atoms with van der Waals surface area (Å²) < 4.78 is 0. The number of aromatic nitrogens is 2. The number of rotatable bonds is 3. The molecule has 1 aliphatic heterocycles. The lowest BCUT2D eigenvalue weighted by Gasteiger charge is -2.20. The summed E-state index contributed by atoms with van der Waals surface area (Å²) in [5.74, 6) is 0.0264. The molecule has 0 amide bonds. The minimum Gasteiger partial charge on any atom is -0.295 e. The van der Waals surface area contributed by atoms with E-state index in [1.54, 1.807) is 6.92 Å². The molecule has 1 aliphatic rings. The molecule has 2 heterocycles. The fourth-order valence-corrected chi connectivity index (χ4v) is 2.24. The topological polar surface area (TPSA) is 49.0 Å². The van der Waals surface area contributed by atoms with Crippen molar-refractivity contribution in [2.75, 3.05) is 13.1 Å². The number of nitrogens with zero attached hydrogens (tertiary/aromatic N) is 2. The zero-order valence-corrected chi connectivity index (χ0v) is 9.29. The average Bonchev–Trinajstić information content (AvgIpc) is 2.85. The first-order valence-electron chi connectivity index (χ1n) is 5.52. The summed E-state index contributed by atoms with van der Waals surface area (Å²) in [4.78, 5) is 13.5. The maximum atomic E-state index is 11.1. The Balaban J connectivity index is 2.18. The van der Waals surface area contributed by atoms with E-state index < -0.39 is 0 Å². The van der Waals surface area contributed by atoms with Gasteiger partial charge >= 0.3 is 0 Å². The van der Waals surface area contributed by atoms with E-state index in [-0.39, 0.29) is 5.78 Å². The summed E-state index contributed by atoms with van der Waals surface area (Å²) in [7, 11) is 0. The lowest BCUT2D eigenvalue weighted by molar-refractivity contribution is 0.101. The second-order valence-electron chi connectivity index (χ2n) is 4.05. The number of hydrogen-bond acceptors (Lipinski definition) is 3. The first-order chi connectivity index (χ1) is 7.22. The molecule has 4 nitrogen and oxygen atoms in total. The van der Waals surface area contributed by atoms with Gasteiger partial charge in [-0.25, -0.2) is 0 Å². The molecule has 15 heavy (non-hydrogen) atoms. The minimum atomic E-state index is 0.0264. The zero-order chi connectivity index (χ0) is 10.8. The molecule has 0 spiro atoms. The Morgan fingerprint density at radius 3 is 3.13 bits per heavy atom. The van der Waals surface area contributed by atoms with Gasteiger partial charge in [-0.1, -0.05) is 6.92 Å². The van der Waals surface area contributed by atoms with E-state index >= 15 is 0 Å². The van der Waals surface area contributed by atoms with Crippen molar-refractivity contribution in [1.29, 1.82) is 0 Å². The van der Waals surface area contributed by atoms with Gasteiger partial charge in [-0.15, -0.1) is 0 Å². The van der Waals surface area contributed by atoms with Crippen molar-refractivity contribution in [2.24, 2.45) is 0 Å². The SMILES string of the molecule is CCN1CCCC1c1cc(C(C)=O)n[nH]1. The molecular weight excluding hydrogens is 190 g/mol. The van der Waals surface area contributed by atoms with E-state index in [0.29, 0.717) is 11.7 Å². The molecule has 1 N–H and O–H groups in total. The third kappa shape index (κ3) is 1.95. The number of carbonyl (C=O) groups excluding carboxylic acids is 1. The quantitative estimate of drug-likeness (QED) is 0.768. The molecule has 1 fully saturated rings. The van der Waals surface area contributed by atoms with Crippen LogP contribution < -0.4 is 0 Å². The molecule has 1 unspecified atom stereocenters.